The van der Waals surface area contributed by atoms with Crippen LogP contribution in [-0.2, 0) is 13.2 Å². The van der Waals surface area contributed by atoms with E-state index in [4.69, 9.17) is 4.74 Å². The first-order valence-corrected chi connectivity index (χ1v) is 8.26. The Bertz CT molecular complexity index is 757. The van der Waals surface area contributed by atoms with E-state index >= 15 is 0 Å². The van der Waals surface area contributed by atoms with Gasteiger partial charge in [0.2, 0.25) is 0 Å². The highest BCUT2D eigenvalue weighted by Crippen LogP contribution is 2.47. The van der Waals surface area contributed by atoms with Crippen molar-refractivity contribution in [1.82, 2.24) is 14.7 Å². The molecule has 4 rings (SSSR count). The summed E-state index contributed by atoms with van der Waals surface area (Å²) in [5.41, 5.74) is 0.187. The Morgan fingerprint density at radius 1 is 1.33 bits per heavy atom. The summed E-state index contributed by atoms with van der Waals surface area (Å²) < 4.78 is 21.1. The fraction of sp³-hybridized carbons (Fsp3) is 0.444. The zero-order valence-electron chi connectivity index (χ0n) is 13.6. The second-order valence-corrected chi connectivity index (χ2v) is 6.78. The van der Waals surface area contributed by atoms with Crippen molar-refractivity contribution in [1.29, 1.82) is 0 Å². The van der Waals surface area contributed by atoms with E-state index in [2.05, 4.69) is 5.10 Å². The van der Waals surface area contributed by atoms with Gasteiger partial charge in [0, 0.05) is 19.0 Å². The Kier molecular flexibility index (Phi) is 3.55. The normalized spacial score (nSPS) is 25.5. The molecule has 1 fully saturated rings. The molecule has 6 heteroatoms. The highest BCUT2D eigenvalue weighted by molar-refractivity contribution is 5.93. The average molecular weight is 329 g/mol. The van der Waals surface area contributed by atoms with Crippen LogP contribution in [0.5, 0.6) is 5.75 Å². The number of nitrogens with zero attached hydrogens (tertiary/aromatic N) is 3. The third kappa shape index (κ3) is 2.88. The Morgan fingerprint density at radius 2 is 2.08 bits per heavy atom. The third-order valence-corrected chi connectivity index (χ3v) is 4.83. The monoisotopic (exact) mass is 329 g/mol. The summed E-state index contributed by atoms with van der Waals surface area (Å²) in [7, 11) is 0. The van der Waals surface area contributed by atoms with Gasteiger partial charge in [-0.2, -0.15) is 5.10 Å². The van der Waals surface area contributed by atoms with Gasteiger partial charge in [-0.05, 0) is 31.5 Å². The number of carbonyl (C=O) groups is 1. The zero-order chi connectivity index (χ0) is 16.7. The zero-order valence-corrected chi connectivity index (χ0v) is 13.6. The molecule has 1 aromatic heterocycles. The van der Waals surface area contributed by atoms with Crippen LogP contribution in [0.3, 0.4) is 0 Å². The molecule has 2 aliphatic rings. The Hall–Kier alpha value is -2.37. The summed E-state index contributed by atoms with van der Waals surface area (Å²) in [5.74, 6) is 0.673. The van der Waals surface area contributed by atoms with Crippen molar-refractivity contribution < 1.29 is 13.9 Å². The maximum Gasteiger partial charge on any atom is 0.272 e. The molecule has 1 aliphatic heterocycles. The number of carbonyl (C=O) groups excluding carboxylic acids is 1. The van der Waals surface area contributed by atoms with E-state index in [0.717, 1.165) is 11.4 Å². The molecule has 2 heterocycles. The van der Waals surface area contributed by atoms with Crippen molar-refractivity contribution in [3.8, 4) is 5.75 Å². The van der Waals surface area contributed by atoms with Gasteiger partial charge in [-0.1, -0.05) is 18.2 Å². The Labute approximate surface area is 140 Å². The van der Waals surface area contributed by atoms with Gasteiger partial charge in [-0.25, -0.2) is 4.39 Å². The number of amides is 1. The van der Waals surface area contributed by atoms with E-state index in [9.17, 15) is 9.18 Å². The molecule has 1 amide bonds. The number of fused-ring (bicyclic) bond motifs is 1. The van der Waals surface area contributed by atoms with Crippen molar-refractivity contribution in [3.63, 3.8) is 0 Å². The summed E-state index contributed by atoms with van der Waals surface area (Å²) in [6.45, 7) is 3.64. The van der Waals surface area contributed by atoms with Gasteiger partial charge in [0.15, 0.2) is 0 Å². The predicted molar refractivity (Wildman–Crippen MR) is 86.5 cm³/mol. The molecule has 126 valence electrons. The van der Waals surface area contributed by atoms with Crippen LogP contribution in [0.2, 0.25) is 0 Å². The first-order chi connectivity index (χ1) is 11.5. The van der Waals surface area contributed by atoms with Crippen molar-refractivity contribution >= 4 is 5.91 Å². The second kappa shape index (κ2) is 5.61. The van der Waals surface area contributed by atoms with Gasteiger partial charge >= 0.3 is 0 Å². The lowest BCUT2D eigenvalue weighted by molar-refractivity contribution is 0.0678. The maximum absolute atomic E-state index is 13.7. The number of rotatable bonds is 5. The molecule has 1 aliphatic carbocycles. The van der Waals surface area contributed by atoms with Gasteiger partial charge in [0.1, 0.15) is 29.4 Å². The molecule has 2 atom stereocenters. The van der Waals surface area contributed by atoms with Crippen molar-refractivity contribution in [3.05, 3.63) is 47.8 Å². The van der Waals surface area contributed by atoms with E-state index in [1.165, 1.54) is 0 Å². The first kappa shape index (κ1) is 15.2. The van der Waals surface area contributed by atoms with Crippen LogP contribution in [0.4, 0.5) is 4.39 Å². The fourth-order valence-electron chi connectivity index (χ4n) is 3.15. The Morgan fingerprint density at radius 3 is 2.79 bits per heavy atom. The van der Waals surface area contributed by atoms with Gasteiger partial charge in [0.05, 0.1) is 6.54 Å². The van der Waals surface area contributed by atoms with E-state index in [1.54, 1.807) is 22.6 Å². The lowest BCUT2D eigenvalue weighted by Crippen LogP contribution is -2.42. The molecule has 0 bridgehead atoms. The lowest BCUT2D eigenvalue weighted by atomic mass is 10.2. The molecule has 0 N–H and O–H groups in total. The molecule has 1 aromatic carbocycles. The fourth-order valence-corrected chi connectivity index (χ4v) is 3.15. The van der Waals surface area contributed by atoms with E-state index in [1.807, 2.05) is 30.3 Å². The van der Waals surface area contributed by atoms with Crippen LogP contribution in [0.1, 0.15) is 29.5 Å². The number of benzene rings is 1. The van der Waals surface area contributed by atoms with Crippen LogP contribution in [0.25, 0.3) is 0 Å². The summed E-state index contributed by atoms with van der Waals surface area (Å²) in [5, 5.41) is 4.44. The predicted octanol–water partition coefficient (Wildman–Crippen LogP) is 2.67. The van der Waals surface area contributed by atoms with Crippen molar-refractivity contribution in [2.24, 2.45) is 5.92 Å². The number of para-hydroxylation sites is 1. The van der Waals surface area contributed by atoms with Crippen LogP contribution < -0.4 is 4.74 Å². The topological polar surface area (TPSA) is 47.4 Å². The van der Waals surface area contributed by atoms with Gasteiger partial charge in [0.25, 0.3) is 5.91 Å². The number of halogens is 1. The number of alkyl halides is 1. The molecular formula is C18H20FN3O2. The van der Waals surface area contributed by atoms with Crippen LogP contribution >= 0.6 is 0 Å². The van der Waals surface area contributed by atoms with Crippen molar-refractivity contribution in [2.45, 2.75) is 32.2 Å². The van der Waals surface area contributed by atoms with Crippen molar-refractivity contribution in [2.75, 3.05) is 13.1 Å². The van der Waals surface area contributed by atoms with E-state index in [-0.39, 0.29) is 11.8 Å². The molecule has 0 saturated heterocycles. The molecule has 1 saturated carbocycles. The smallest absolute Gasteiger partial charge is 0.272 e. The van der Waals surface area contributed by atoms with E-state index in [0.29, 0.717) is 38.4 Å². The maximum atomic E-state index is 13.7. The minimum atomic E-state index is -1.10. The summed E-state index contributed by atoms with van der Waals surface area (Å²) in [6.07, 6.45) is 0.548. The minimum absolute atomic E-state index is 0.0307. The first-order valence-electron chi connectivity index (χ1n) is 8.26. The summed E-state index contributed by atoms with van der Waals surface area (Å²) in [6, 6.07) is 11.3. The molecule has 1 unspecified atom stereocenters. The lowest BCUT2D eigenvalue weighted by Gasteiger charge is -2.27. The quantitative estimate of drug-likeness (QED) is 0.847. The molecule has 5 nitrogen and oxygen atoms in total. The van der Waals surface area contributed by atoms with Gasteiger partial charge in [-0.15, -0.1) is 0 Å². The SMILES string of the molecule is CC1(F)C[C@H]1CN1CCn2nc(COc3ccccc3)cc2C1=O. The number of aromatic nitrogens is 2. The minimum Gasteiger partial charge on any atom is -0.487 e. The molecule has 0 spiro atoms. The van der Waals surface area contributed by atoms with Crippen LogP contribution in [0.15, 0.2) is 36.4 Å². The molecule has 2 aromatic rings. The Balaban J connectivity index is 1.42. The highest BCUT2D eigenvalue weighted by Gasteiger charge is 2.52. The van der Waals surface area contributed by atoms with Crippen LogP contribution in [0, 0.1) is 5.92 Å². The largest absolute Gasteiger partial charge is 0.487 e. The standard InChI is InChI=1S/C18H20FN3O2/c1-18(19)10-13(18)11-21-7-8-22-16(17(21)23)9-14(20-22)12-24-15-5-3-2-4-6-15/h2-6,9,13H,7-8,10-12H2,1H3/t13-,18?/m0/s1. The summed E-state index contributed by atoms with van der Waals surface area (Å²) in [4.78, 5) is 14.3. The number of hydrogen-bond acceptors (Lipinski definition) is 3. The van der Waals surface area contributed by atoms with E-state index < -0.39 is 5.67 Å². The average Bonchev–Trinajstić information content (AvgIpc) is 2.98. The molecule has 0 radical (unpaired) electrons. The second-order valence-electron chi connectivity index (χ2n) is 6.78. The third-order valence-electron chi connectivity index (χ3n) is 4.83. The number of hydrogen-bond donors (Lipinski definition) is 0. The van der Waals surface area contributed by atoms with Gasteiger partial charge in [-0.3, -0.25) is 9.48 Å². The molecular weight excluding hydrogens is 309 g/mol. The summed E-state index contributed by atoms with van der Waals surface area (Å²) >= 11 is 0. The van der Waals surface area contributed by atoms with Crippen LogP contribution in [-0.4, -0.2) is 39.3 Å². The molecule has 24 heavy (non-hydrogen) atoms. The van der Waals surface area contributed by atoms with Gasteiger partial charge < -0.3 is 9.64 Å². The number of ether oxygens (including phenoxy) is 1. The highest BCUT2D eigenvalue weighted by atomic mass is 19.1.